The zero-order chi connectivity index (χ0) is 13.2. The van der Waals surface area contributed by atoms with E-state index in [1.807, 2.05) is 0 Å². The summed E-state index contributed by atoms with van der Waals surface area (Å²) in [5, 5.41) is 13.6. The number of aryl methyl sites for hydroxylation is 1. The molecule has 1 aromatic rings. The SMILES string of the molecule is O=C(O)C1CCCc2nc(CC3CCOCC3)nn21. The van der Waals surface area contributed by atoms with Crippen molar-refractivity contribution in [3.8, 4) is 0 Å². The van der Waals surface area contributed by atoms with E-state index in [1.165, 1.54) is 0 Å². The standard InChI is InChI=1S/C13H19N3O3/c17-13(18)10-2-1-3-12-14-11(15-16(10)12)8-9-4-6-19-7-5-9/h9-10H,1-8H2,(H,17,18). The molecule has 1 saturated heterocycles. The number of hydrogen-bond donors (Lipinski definition) is 1. The van der Waals surface area contributed by atoms with Gasteiger partial charge in [0.05, 0.1) is 0 Å². The number of carboxylic acids is 1. The second kappa shape index (κ2) is 5.28. The third-order valence-corrected chi connectivity index (χ3v) is 4.02. The number of aromatic nitrogens is 3. The maximum Gasteiger partial charge on any atom is 0.328 e. The molecule has 1 N–H and O–H groups in total. The van der Waals surface area contributed by atoms with E-state index in [-0.39, 0.29) is 0 Å². The lowest BCUT2D eigenvalue weighted by atomic mass is 9.96. The number of nitrogens with zero attached hydrogens (tertiary/aromatic N) is 3. The third-order valence-electron chi connectivity index (χ3n) is 4.02. The Kier molecular flexibility index (Phi) is 3.50. The van der Waals surface area contributed by atoms with Gasteiger partial charge in [-0.05, 0) is 31.6 Å². The molecule has 2 aliphatic rings. The van der Waals surface area contributed by atoms with Crippen molar-refractivity contribution in [2.45, 2.75) is 44.6 Å². The van der Waals surface area contributed by atoms with E-state index in [1.54, 1.807) is 4.68 Å². The molecule has 19 heavy (non-hydrogen) atoms. The van der Waals surface area contributed by atoms with E-state index in [0.29, 0.717) is 12.3 Å². The van der Waals surface area contributed by atoms with Gasteiger partial charge in [0.25, 0.3) is 0 Å². The second-order valence-corrected chi connectivity index (χ2v) is 5.39. The summed E-state index contributed by atoms with van der Waals surface area (Å²) >= 11 is 0. The fourth-order valence-corrected chi connectivity index (χ4v) is 2.92. The maximum absolute atomic E-state index is 11.2. The van der Waals surface area contributed by atoms with Crippen LogP contribution in [0.15, 0.2) is 0 Å². The van der Waals surface area contributed by atoms with Gasteiger partial charge in [-0.15, -0.1) is 0 Å². The van der Waals surface area contributed by atoms with Crippen LogP contribution in [-0.2, 0) is 22.4 Å². The van der Waals surface area contributed by atoms with Crippen molar-refractivity contribution < 1.29 is 14.6 Å². The Labute approximate surface area is 111 Å². The molecule has 0 aromatic carbocycles. The van der Waals surface area contributed by atoms with Crippen molar-refractivity contribution in [1.82, 2.24) is 14.8 Å². The van der Waals surface area contributed by atoms with Gasteiger partial charge < -0.3 is 9.84 Å². The Morgan fingerprint density at radius 1 is 1.37 bits per heavy atom. The van der Waals surface area contributed by atoms with Gasteiger partial charge in [0, 0.05) is 26.1 Å². The predicted molar refractivity (Wildman–Crippen MR) is 66.9 cm³/mol. The summed E-state index contributed by atoms with van der Waals surface area (Å²) in [4.78, 5) is 15.7. The molecule has 2 aliphatic heterocycles. The van der Waals surface area contributed by atoms with Gasteiger partial charge in [-0.2, -0.15) is 5.10 Å². The summed E-state index contributed by atoms with van der Waals surface area (Å²) in [6.07, 6.45) is 5.31. The van der Waals surface area contributed by atoms with Crippen molar-refractivity contribution in [1.29, 1.82) is 0 Å². The number of rotatable bonds is 3. The molecule has 3 heterocycles. The summed E-state index contributed by atoms with van der Waals surface area (Å²) in [6, 6.07) is -0.528. The quantitative estimate of drug-likeness (QED) is 0.888. The molecule has 104 valence electrons. The highest BCUT2D eigenvalue weighted by Crippen LogP contribution is 2.25. The van der Waals surface area contributed by atoms with Crippen LogP contribution < -0.4 is 0 Å². The molecule has 1 aromatic heterocycles. The lowest BCUT2D eigenvalue weighted by Gasteiger charge is -2.20. The highest BCUT2D eigenvalue weighted by atomic mass is 16.5. The average Bonchev–Trinajstić information content (AvgIpc) is 2.81. The number of carbonyl (C=O) groups is 1. The van der Waals surface area contributed by atoms with Gasteiger partial charge >= 0.3 is 5.97 Å². The normalized spacial score (nSPS) is 24.1. The molecule has 1 atom stereocenters. The van der Waals surface area contributed by atoms with Crippen LogP contribution in [0.25, 0.3) is 0 Å². The molecular formula is C13H19N3O3. The van der Waals surface area contributed by atoms with Crippen LogP contribution in [0, 0.1) is 5.92 Å². The minimum atomic E-state index is -0.802. The minimum Gasteiger partial charge on any atom is -0.480 e. The molecule has 0 saturated carbocycles. The molecule has 0 aliphatic carbocycles. The number of fused-ring (bicyclic) bond motifs is 1. The van der Waals surface area contributed by atoms with E-state index in [9.17, 15) is 9.90 Å². The van der Waals surface area contributed by atoms with Crippen LogP contribution in [0.4, 0.5) is 0 Å². The number of hydrogen-bond acceptors (Lipinski definition) is 4. The molecule has 6 nitrogen and oxygen atoms in total. The maximum atomic E-state index is 11.2. The van der Waals surface area contributed by atoms with Crippen LogP contribution in [-0.4, -0.2) is 39.1 Å². The van der Waals surface area contributed by atoms with Gasteiger partial charge in [-0.3, -0.25) is 0 Å². The third kappa shape index (κ3) is 2.63. The highest BCUT2D eigenvalue weighted by molar-refractivity contribution is 5.71. The van der Waals surface area contributed by atoms with Gasteiger partial charge in [-0.25, -0.2) is 14.5 Å². The van der Waals surface area contributed by atoms with E-state index in [0.717, 1.165) is 57.0 Å². The van der Waals surface area contributed by atoms with Crippen molar-refractivity contribution in [3.63, 3.8) is 0 Å². The van der Waals surface area contributed by atoms with Crippen LogP contribution in [0.2, 0.25) is 0 Å². The molecule has 3 rings (SSSR count). The number of carboxylic acid groups (broad SMARTS) is 1. The first-order valence-electron chi connectivity index (χ1n) is 6.99. The number of aliphatic carboxylic acids is 1. The van der Waals surface area contributed by atoms with Crippen LogP contribution in [0.5, 0.6) is 0 Å². The summed E-state index contributed by atoms with van der Waals surface area (Å²) in [6.45, 7) is 1.63. The van der Waals surface area contributed by atoms with Crippen molar-refractivity contribution >= 4 is 5.97 Å². The first kappa shape index (κ1) is 12.6. The molecule has 0 spiro atoms. The lowest BCUT2D eigenvalue weighted by molar-refractivity contribution is -0.141. The number of ether oxygens (including phenoxy) is 1. The van der Waals surface area contributed by atoms with Gasteiger partial charge in [-0.1, -0.05) is 0 Å². The monoisotopic (exact) mass is 265 g/mol. The van der Waals surface area contributed by atoms with Gasteiger partial charge in [0.15, 0.2) is 11.9 Å². The van der Waals surface area contributed by atoms with E-state index < -0.39 is 12.0 Å². The van der Waals surface area contributed by atoms with E-state index >= 15 is 0 Å². The smallest absolute Gasteiger partial charge is 0.328 e. The van der Waals surface area contributed by atoms with Crippen molar-refractivity contribution in [2.24, 2.45) is 5.92 Å². The topological polar surface area (TPSA) is 77.2 Å². The molecule has 0 bridgehead atoms. The Bertz CT molecular complexity index is 466. The molecule has 0 radical (unpaired) electrons. The molecule has 0 amide bonds. The Hall–Kier alpha value is -1.43. The molecule has 1 unspecified atom stereocenters. The zero-order valence-electron chi connectivity index (χ0n) is 10.9. The highest BCUT2D eigenvalue weighted by Gasteiger charge is 2.29. The van der Waals surface area contributed by atoms with Crippen LogP contribution >= 0.6 is 0 Å². The summed E-state index contributed by atoms with van der Waals surface area (Å²) in [5.41, 5.74) is 0. The van der Waals surface area contributed by atoms with Crippen molar-refractivity contribution in [3.05, 3.63) is 11.6 Å². The minimum absolute atomic E-state index is 0.528. The Morgan fingerprint density at radius 2 is 2.16 bits per heavy atom. The van der Waals surface area contributed by atoms with E-state index in [4.69, 9.17) is 4.74 Å². The first-order valence-corrected chi connectivity index (χ1v) is 6.99. The van der Waals surface area contributed by atoms with Gasteiger partial charge in [0.2, 0.25) is 0 Å². The predicted octanol–water partition coefficient (Wildman–Crippen LogP) is 1.21. The first-order chi connectivity index (χ1) is 9.24. The Morgan fingerprint density at radius 3 is 2.89 bits per heavy atom. The molecule has 6 heteroatoms. The summed E-state index contributed by atoms with van der Waals surface area (Å²) in [5.74, 6) is 1.40. The largest absolute Gasteiger partial charge is 0.480 e. The van der Waals surface area contributed by atoms with Crippen molar-refractivity contribution in [2.75, 3.05) is 13.2 Å². The van der Waals surface area contributed by atoms with Crippen LogP contribution in [0.1, 0.15) is 43.4 Å². The fraction of sp³-hybridized carbons (Fsp3) is 0.769. The Balaban J connectivity index is 1.75. The lowest BCUT2D eigenvalue weighted by Crippen LogP contribution is -2.26. The second-order valence-electron chi connectivity index (χ2n) is 5.39. The fourth-order valence-electron chi connectivity index (χ4n) is 2.92. The molecule has 1 fully saturated rings. The molecular weight excluding hydrogens is 246 g/mol. The van der Waals surface area contributed by atoms with E-state index in [2.05, 4.69) is 10.1 Å². The van der Waals surface area contributed by atoms with Crippen LogP contribution in [0.3, 0.4) is 0 Å². The summed E-state index contributed by atoms with van der Waals surface area (Å²) in [7, 11) is 0. The average molecular weight is 265 g/mol. The van der Waals surface area contributed by atoms with Gasteiger partial charge in [0.1, 0.15) is 5.82 Å². The zero-order valence-corrected chi connectivity index (χ0v) is 10.9. The summed E-state index contributed by atoms with van der Waals surface area (Å²) < 4.78 is 6.97.